The number of carbonyl (C=O) groups excluding carboxylic acids is 1. The lowest BCUT2D eigenvalue weighted by Crippen LogP contribution is -2.60. The number of nitrogens with one attached hydrogen (secondary N) is 1. The first-order valence-corrected chi connectivity index (χ1v) is 12.6. The SMILES string of the molecule is Cn1nc(C(=O)N2CCCC2)c2c1CC[C@@H](NCC1(N3CCOCC3)CCCCC1)C2. The maximum Gasteiger partial charge on any atom is 0.274 e. The lowest BCUT2D eigenvalue weighted by Gasteiger charge is -2.49. The molecular formula is C24H39N5O2. The van der Waals surface area contributed by atoms with Crippen LogP contribution in [0.1, 0.15) is 73.1 Å². The molecule has 0 aromatic carbocycles. The Morgan fingerprint density at radius 1 is 1.10 bits per heavy atom. The van der Waals surface area contributed by atoms with Gasteiger partial charge in [0.1, 0.15) is 0 Å². The van der Waals surface area contributed by atoms with Gasteiger partial charge >= 0.3 is 0 Å². The minimum atomic E-state index is 0.145. The molecule has 172 valence electrons. The van der Waals surface area contributed by atoms with E-state index in [1.54, 1.807) is 0 Å². The Morgan fingerprint density at radius 3 is 2.58 bits per heavy atom. The van der Waals surface area contributed by atoms with Crippen molar-refractivity contribution < 1.29 is 9.53 Å². The highest BCUT2D eigenvalue weighted by molar-refractivity contribution is 5.94. The quantitative estimate of drug-likeness (QED) is 0.777. The Hall–Kier alpha value is -1.44. The molecule has 1 aromatic rings. The first-order chi connectivity index (χ1) is 15.2. The van der Waals surface area contributed by atoms with Crippen LogP contribution in [0.2, 0.25) is 0 Å². The van der Waals surface area contributed by atoms with Crippen molar-refractivity contribution in [3.63, 3.8) is 0 Å². The lowest BCUT2D eigenvalue weighted by atomic mass is 9.79. The van der Waals surface area contributed by atoms with Crippen molar-refractivity contribution in [1.82, 2.24) is 24.9 Å². The van der Waals surface area contributed by atoms with Crippen molar-refractivity contribution in [1.29, 1.82) is 0 Å². The van der Waals surface area contributed by atoms with Crippen molar-refractivity contribution in [2.45, 2.75) is 75.8 Å². The van der Waals surface area contributed by atoms with E-state index >= 15 is 0 Å². The number of aryl methyl sites for hydroxylation is 1. The number of ether oxygens (including phenoxy) is 1. The summed E-state index contributed by atoms with van der Waals surface area (Å²) in [5.74, 6) is 0.145. The molecule has 3 heterocycles. The first kappa shape index (κ1) is 21.4. The standard InChI is InChI=1S/C24H39N5O2/c1-27-21-8-7-19(17-20(21)22(26-27)23(30)28-11-5-6-12-28)25-18-24(9-3-2-4-10-24)29-13-15-31-16-14-29/h19,25H,2-18H2,1H3/t19-/m1/s1. The molecule has 2 aliphatic carbocycles. The van der Waals surface area contributed by atoms with Gasteiger partial charge in [-0.1, -0.05) is 19.3 Å². The van der Waals surface area contributed by atoms with E-state index in [9.17, 15) is 4.79 Å². The topological polar surface area (TPSA) is 62.6 Å². The van der Waals surface area contributed by atoms with Crippen LogP contribution in [0, 0.1) is 0 Å². The molecule has 0 spiro atoms. The fourth-order valence-electron chi connectivity index (χ4n) is 6.39. The van der Waals surface area contributed by atoms with Crippen LogP contribution >= 0.6 is 0 Å². The fourth-order valence-corrected chi connectivity index (χ4v) is 6.39. The maximum atomic E-state index is 13.1. The van der Waals surface area contributed by atoms with E-state index < -0.39 is 0 Å². The molecule has 2 saturated heterocycles. The van der Waals surface area contributed by atoms with Crippen molar-refractivity contribution >= 4 is 5.91 Å². The second-order valence-corrected chi connectivity index (χ2v) is 10.1. The van der Waals surface area contributed by atoms with Crippen molar-refractivity contribution in [3.8, 4) is 0 Å². The summed E-state index contributed by atoms with van der Waals surface area (Å²) in [6.07, 6.45) is 11.9. The van der Waals surface area contributed by atoms with Crippen molar-refractivity contribution in [2.24, 2.45) is 7.05 Å². The molecule has 31 heavy (non-hydrogen) atoms. The third-order valence-electron chi connectivity index (χ3n) is 8.24. The van der Waals surface area contributed by atoms with E-state index in [4.69, 9.17) is 4.74 Å². The zero-order valence-electron chi connectivity index (χ0n) is 19.2. The van der Waals surface area contributed by atoms with Crippen LogP contribution in [0.4, 0.5) is 0 Å². The highest BCUT2D eigenvalue weighted by Gasteiger charge is 2.39. The summed E-state index contributed by atoms with van der Waals surface area (Å²) in [4.78, 5) is 17.8. The molecule has 2 aliphatic heterocycles. The van der Waals surface area contributed by atoms with E-state index in [2.05, 4.69) is 15.3 Å². The van der Waals surface area contributed by atoms with Gasteiger partial charge in [0.25, 0.3) is 5.91 Å². The smallest absolute Gasteiger partial charge is 0.274 e. The second kappa shape index (κ2) is 9.20. The Labute approximate surface area is 186 Å². The molecular weight excluding hydrogens is 390 g/mol. The summed E-state index contributed by atoms with van der Waals surface area (Å²) in [6, 6.07) is 0.432. The van der Waals surface area contributed by atoms with Crippen LogP contribution < -0.4 is 5.32 Å². The number of hydrogen-bond acceptors (Lipinski definition) is 5. The van der Waals surface area contributed by atoms with Gasteiger partial charge in [0, 0.05) is 62.6 Å². The van der Waals surface area contributed by atoms with Crippen LogP contribution in [0.15, 0.2) is 0 Å². The van der Waals surface area contributed by atoms with Gasteiger partial charge in [0.2, 0.25) is 0 Å². The number of carbonyl (C=O) groups is 1. The van der Waals surface area contributed by atoms with E-state index in [0.717, 1.165) is 78.0 Å². The number of morpholine rings is 1. The molecule has 0 unspecified atom stereocenters. The predicted molar refractivity (Wildman–Crippen MR) is 120 cm³/mol. The second-order valence-electron chi connectivity index (χ2n) is 10.1. The maximum absolute atomic E-state index is 13.1. The number of nitrogens with zero attached hydrogens (tertiary/aromatic N) is 4. The Morgan fingerprint density at radius 2 is 1.84 bits per heavy atom. The number of amides is 1. The van der Waals surface area contributed by atoms with E-state index in [1.807, 2.05) is 16.6 Å². The Bertz CT molecular complexity index is 773. The highest BCUT2D eigenvalue weighted by atomic mass is 16.5. The van der Waals surface area contributed by atoms with Gasteiger partial charge in [-0.15, -0.1) is 0 Å². The lowest BCUT2D eigenvalue weighted by molar-refractivity contribution is -0.0378. The Balaban J connectivity index is 1.28. The molecule has 3 fully saturated rings. The van der Waals surface area contributed by atoms with Crippen LogP contribution in [0.5, 0.6) is 0 Å². The molecule has 0 radical (unpaired) electrons. The third-order valence-corrected chi connectivity index (χ3v) is 8.24. The van der Waals surface area contributed by atoms with Gasteiger partial charge in [-0.05, 0) is 44.9 Å². The number of likely N-dealkylation sites (tertiary alicyclic amines) is 1. The average molecular weight is 430 g/mol. The fraction of sp³-hybridized carbons (Fsp3) is 0.833. The van der Waals surface area contributed by atoms with Gasteiger partial charge in [-0.3, -0.25) is 14.4 Å². The van der Waals surface area contributed by atoms with Crippen LogP contribution in [-0.2, 0) is 24.6 Å². The summed E-state index contributed by atoms with van der Waals surface area (Å²) < 4.78 is 7.61. The zero-order valence-corrected chi connectivity index (χ0v) is 19.2. The summed E-state index contributed by atoms with van der Waals surface area (Å²) in [5.41, 5.74) is 3.46. The monoisotopic (exact) mass is 429 g/mol. The summed E-state index contributed by atoms with van der Waals surface area (Å²) >= 11 is 0. The molecule has 1 atom stereocenters. The van der Waals surface area contributed by atoms with E-state index in [1.165, 1.54) is 43.4 Å². The molecule has 0 bridgehead atoms. The number of fused-ring (bicyclic) bond motifs is 1. The highest BCUT2D eigenvalue weighted by Crippen LogP contribution is 2.34. The molecule has 7 nitrogen and oxygen atoms in total. The van der Waals surface area contributed by atoms with Crippen molar-refractivity contribution in [2.75, 3.05) is 45.9 Å². The molecule has 5 rings (SSSR count). The number of aromatic nitrogens is 2. The summed E-state index contributed by atoms with van der Waals surface area (Å²) in [6.45, 7) is 6.68. The normalized spacial score (nSPS) is 26.7. The third kappa shape index (κ3) is 4.29. The van der Waals surface area contributed by atoms with E-state index in [0.29, 0.717) is 11.7 Å². The number of rotatable bonds is 5. The predicted octanol–water partition coefficient (Wildman–Crippen LogP) is 2.14. The van der Waals surface area contributed by atoms with Gasteiger partial charge in [-0.2, -0.15) is 5.10 Å². The van der Waals surface area contributed by atoms with Crippen LogP contribution in [-0.4, -0.2) is 83.0 Å². The molecule has 1 N–H and O–H groups in total. The molecule has 4 aliphatic rings. The molecule has 1 aromatic heterocycles. The zero-order chi connectivity index (χ0) is 21.3. The largest absolute Gasteiger partial charge is 0.379 e. The minimum Gasteiger partial charge on any atom is -0.379 e. The van der Waals surface area contributed by atoms with Gasteiger partial charge in [0.05, 0.1) is 13.2 Å². The first-order valence-electron chi connectivity index (χ1n) is 12.6. The minimum absolute atomic E-state index is 0.145. The van der Waals surface area contributed by atoms with Crippen LogP contribution in [0.3, 0.4) is 0 Å². The number of hydrogen-bond donors (Lipinski definition) is 1. The van der Waals surface area contributed by atoms with Gasteiger partial charge in [-0.25, -0.2) is 0 Å². The van der Waals surface area contributed by atoms with Crippen LogP contribution in [0.25, 0.3) is 0 Å². The van der Waals surface area contributed by atoms with Gasteiger partial charge in [0.15, 0.2) is 5.69 Å². The average Bonchev–Trinajstić information content (AvgIpc) is 3.47. The Kier molecular flexibility index (Phi) is 6.35. The molecule has 7 heteroatoms. The van der Waals surface area contributed by atoms with Gasteiger partial charge < -0.3 is 15.0 Å². The molecule has 1 saturated carbocycles. The van der Waals surface area contributed by atoms with Crippen molar-refractivity contribution in [3.05, 3.63) is 17.0 Å². The van der Waals surface area contributed by atoms with E-state index in [-0.39, 0.29) is 11.4 Å². The summed E-state index contributed by atoms with van der Waals surface area (Å²) in [7, 11) is 2.00. The molecule has 1 amide bonds. The summed E-state index contributed by atoms with van der Waals surface area (Å²) in [5, 5.41) is 8.65.